The predicted molar refractivity (Wildman–Crippen MR) is 515 cm³/mol. The lowest BCUT2D eigenvalue weighted by atomic mass is 10.0. The standard InChI is InChI=1S/C25H19NS.C21H17NS2.2C21H17NS.C17H15NS/c1-26(23-15-7-11-19-9-3-5-13-21(19)23)25-17-16-24(27-25)22-14-6-10-18-8-2-4-12-20(18)22;1-22(17-10-6-3-7-11-17)21-15-14-20(24-21)19-13-12-18(23-19)16-8-4-2-5-9-16;1-22(17-10-3-2-4-11-17)21-15-14-20(23-21)19-13-7-9-16-8-5-6-12-18(16)19;1-22(19-13-7-11-16-8-5-6-12-18(16)19)21-15-14-20(23-21)17-9-3-2-4-10-17;1-18(15-10-6-3-7-11-15)17-13-12-16(19-17)14-8-4-2-5-9-14/h2-17H,1H3;2-15H,1H3;2*2-15H,1H3;2-13H,1H3. The van der Waals surface area contributed by atoms with Gasteiger partial charge in [0, 0.05) is 109 Å². The third kappa shape index (κ3) is 18.1. The van der Waals surface area contributed by atoms with Gasteiger partial charge >= 0.3 is 0 Å². The first-order chi connectivity index (χ1) is 57.1. The molecule has 20 rings (SSSR count). The van der Waals surface area contributed by atoms with Crippen LogP contribution in [0.5, 0.6) is 0 Å². The Morgan fingerprint density at radius 2 is 0.379 bits per heavy atom. The van der Waals surface area contributed by atoms with Crippen molar-refractivity contribution in [1.82, 2.24) is 0 Å². The molecule has 0 saturated heterocycles. The summed E-state index contributed by atoms with van der Waals surface area (Å²) in [5, 5.41) is 16.6. The van der Waals surface area contributed by atoms with Crippen molar-refractivity contribution in [2.75, 3.05) is 59.7 Å². The lowest BCUT2D eigenvalue weighted by molar-refractivity contribution is 1.24. The van der Waals surface area contributed by atoms with Crippen LogP contribution < -0.4 is 24.5 Å². The molecule has 0 saturated carbocycles. The number of para-hydroxylation sites is 3. The van der Waals surface area contributed by atoms with Gasteiger partial charge in [-0.1, -0.05) is 303 Å². The van der Waals surface area contributed by atoms with E-state index in [4.69, 9.17) is 0 Å². The number of nitrogens with zero attached hydrogens (tertiary/aromatic N) is 5. The highest BCUT2D eigenvalue weighted by molar-refractivity contribution is 7.25. The van der Waals surface area contributed by atoms with Crippen LogP contribution in [0.25, 0.3) is 105 Å². The SMILES string of the molecule is CN(c1ccc(-c2cccc3ccccc23)s1)c1cccc2ccccc12.CN(c1ccc(-c2ccccc2)s1)c1cccc2ccccc12.CN(c1ccccc1)c1ccc(-c2ccc(-c3ccccc3)s2)s1.CN(c1ccccc1)c1ccc(-c2cccc3ccccc23)s1.CN(c1ccccc1)c1ccc(-c2ccccc2)s1. The van der Waals surface area contributed by atoms with Gasteiger partial charge in [0.2, 0.25) is 0 Å². The molecule has 6 aromatic heterocycles. The van der Waals surface area contributed by atoms with Crippen molar-refractivity contribution < 1.29 is 0 Å². The molecule has 0 atom stereocenters. The zero-order valence-corrected chi connectivity index (χ0v) is 70.0. The quantitative estimate of drug-likeness (QED) is 0.0955. The zero-order valence-electron chi connectivity index (χ0n) is 65.1. The highest BCUT2D eigenvalue weighted by Gasteiger charge is 2.18. The van der Waals surface area contributed by atoms with Gasteiger partial charge in [0.05, 0.1) is 25.0 Å². The number of thiophene rings is 6. The van der Waals surface area contributed by atoms with Crippen LogP contribution in [0.4, 0.5) is 53.4 Å². The van der Waals surface area contributed by atoms with Crippen molar-refractivity contribution in [3.05, 3.63) is 425 Å². The van der Waals surface area contributed by atoms with Gasteiger partial charge < -0.3 is 24.5 Å². The van der Waals surface area contributed by atoms with Crippen LogP contribution in [0.3, 0.4) is 0 Å². The molecule has 0 spiro atoms. The van der Waals surface area contributed by atoms with Gasteiger partial charge in [-0.05, 0) is 181 Å². The average molecular weight is 1610 g/mol. The van der Waals surface area contributed by atoms with E-state index < -0.39 is 0 Å². The van der Waals surface area contributed by atoms with Gasteiger partial charge in [0.1, 0.15) is 0 Å². The largest absolute Gasteiger partial charge is 0.336 e. The van der Waals surface area contributed by atoms with E-state index in [-0.39, 0.29) is 0 Å². The summed E-state index contributed by atoms with van der Waals surface area (Å²) in [7, 11) is 10.6. The van der Waals surface area contributed by atoms with Crippen LogP contribution in [0.1, 0.15) is 0 Å². The Kier molecular flexibility index (Phi) is 24.7. The first-order valence-corrected chi connectivity index (χ1v) is 43.5. The van der Waals surface area contributed by atoms with Crippen LogP contribution in [0.15, 0.2) is 425 Å². The summed E-state index contributed by atoms with van der Waals surface area (Å²) in [6.07, 6.45) is 0. The Balaban J connectivity index is 0.000000109. The zero-order chi connectivity index (χ0) is 78.9. The van der Waals surface area contributed by atoms with Gasteiger partial charge in [0.25, 0.3) is 0 Å². The molecule has 6 heterocycles. The van der Waals surface area contributed by atoms with Crippen LogP contribution in [0.2, 0.25) is 0 Å². The minimum Gasteiger partial charge on any atom is -0.336 e. The molecule has 0 unspecified atom stereocenters. The average Bonchev–Trinajstić information content (AvgIpc) is 1.49. The normalized spacial score (nSPS) is 10.8. The Bertz CT molecular complexity index is 6510. The van der Waals surface area contributed by atoms with Gasteiger partial charge in [0.15, 0.2) is 0 Å². The summed E-state index contributed by atoms with van der Waals surface area (Å²) in [5.74, 6) is 0. The molecule has 0 amide bonds. The third-order valence-corrected chi connectivity index (χ3v) is 27.7. The van der Waals surface area contributed by atoms with Gasteiger partial charge in [-0.15, -0.1) is 68.0 Å². The third-order valence-electron chi connectivity index (χ3n) is 20.4. The van der Waals surface area contributed by atoms with E-state index in [1.54, 1.807) is 0 Å². The Labute approximate surface area is 705 Å². The van der Waals surface area contributed by atoms with E-state index in [9.17, 15) is 0 Å². The Morgan fingerprint density at radius 1 is 0.155 bits per heavy atom. The molecule has 20 aromatic rings. The number of hydrogen-bond donors (Lipinski definition) is 0. The molecule has 0 N–H and O–H groups in total. The van der Waals surface area contributed by atoms with Crippen molar-refractivity contribution in [2.45, 2.75) is 0 Å². The van der Waals surface area contributed by atoms with Crippen LogP contribution in [-0.2, 0) is 0 Å². The van der Waals surface area contributed by atoms with E-state index in [2.05, 4.69) is 460 Å². The fourth-order valence-electron chi connectivity index (χ4n) is 14.2. The van der Waals surface area contributed by atoms with E-state index in [1.807, 2.05) is 92.3 Å². The van der Waals surface area contributed by atoms with Crippen molar-refractivity contribution in [3.8, 4) is 62.0 Å². The topological polar surface area (TPSA) is 16.2 Å². The highest BCUT2D eigenvalue weighted by atomic mass is 32.1. The molecular formula is C105H85N5S6. The number of rotatable bonds is 16. The summed E-state index contributed by atoms with van der Waals surface area (Å²) in [6, 6.07) is 150. The number of hydrogen-bond acceptors (Lipinski definition) is 11. The van der Waals surface area contributed by atoms with Crippen LogP contribution in [-0.4, -0.2) is 35.2 Å². The Hall–Kier alpha value is -12.7. The summed E-state index contributed by atoms with van der Waals surface area (Å²) in [4.78, 5) is 20.4. The second kappa shape index (κ2) is 37.1. The fourth-order valence-corrected chi connectivity index (χ4v) is 20.3. The summed E-state index contributed by atoms with van der Waals surface area (Å²) in [6.45, 7) is 0. The predicted octanol–water partition coefficient (Wildman–Crippen LogP) is 32.3. The smallest absolute Gasteiger partial charge is 0.0957 e. The second-order valence-electron chi connectivity index (χ2n) is 27.8. The van der Waals surface area contributed by atoms with Crippen LogP contribution >= 0.6 is 68.0 Å². The summed E-state index contributed by atoms with van der Waals surface area (Å²) < 4.78 is 0. The van der Waals surface area contributed by atoms with E-state index in [0.717, 1.165) is 0 Å². The minimum absolute atomic E-state index is 1.21. The second-order valence-corrected chi connectivity index (χ2v) is 34.2. The van der Waals surface area contributed by atoms with E-state index in [1.165, 1.54) is 158 Å². The van der Waals surface area contributed by atoms with Gasteiger partial charge in [-0.3, -0.25) is 0 Å². The molecule has 14 aromatic carbocycles. The molecule has 0 bridgehead atoms. The first kappa shape index (κ1) is 77.3. The lowest BCUT2D eigenvalue weighted by Gasteiger charge is -2.19. The first-order valence-electron chi connectivity index (χ1n) is 38.6. The number of fused-ring (bicyclic) bond motifs is 4. The molecule has 566 valence electrons. The van der Waals surface area contributed by atoms with Gasteiger partial charge in [-0.2, -0.15) is 0 Å². The monoisotopic (exact) mass is 1610 g/mol. The van der Waals surface area contributed by atoms with Crippen molar-refractivity contribution in [1.29, 1.82) is 0 Å². The van der Waals surface area contributed by atoms with Gasteiger partial charge in [-0.25, -0.2) is 0 Å². The Morgan fingerprint density at radius 3 is 0.741 bits per heavy atom. The lowest BCUT2D eigenvalue weighted by Crippen LogP contribution is -2.07. The molecule has 116 heavy (non-hydrogen) atoms. The molecule has 0 aliphatic carbocycles. The van der Waals surface area contributed by atoms with Crippen LogP contribution in [0, 0.1) is 0 Å². The minimum atomic E-state index is 1.21. The molecule has 0 fully saturated rings. The summed E-state index contributed by atoms with van der Waals surface area (Å²) >= 11 is 11.0. The number of benzene rings is 14. The molecule has 0 aliphatic heterocycles. The molecular weight excluding hydrogens is 1520 g/mol. The highest BCUT2D eigenvalue weighted by Crippen LogP contribution is 2.46. The maximum atomic E-state index is 2.29. The van der Waals surface area contributed by atoms with Crippen molar-refractivity contribution >= 4 is 165 Å². The number of anilines is 10. The summed E-state index contributed by atoms with van der Waals surface area (Å²) in [5.41, 5.74) is 12.5. The van der Waals surface area contributed by atoms with Crippen molar-refractivity contribution in [3.63, 3.8) is 0 Å². The fraction of sp³-hybridized carbons (Fsp3) is 0.0476. The maximum Gasteiger partial charge on any atom is 0.0957 e. The molecule has 0 aliphatic rings. The van der Waals surface area contributed by atoms with E-state index >= 15 is 0 Å². The van der Waals surface area contributed by atoms with Crippen molar-refractivity contribution in [2.24, 2.45) is 0 Å². The molecule has 11 heteroatoms. The molecule has 5 nitrogen and oxygen atoms in total. The van der Waals surface area contributed by atoms with E-state index in [0.29, 0.717) is 0 Å². The molecule has 0 radical (unpaired) electrons. The maximum absolute atomic E-state index is 2.29.